The molecule has 2 amide bonds. The van der Waals surface area contributed by atoms with Crippen LogP contribution in [0.1, 0.15) is 26.5 Å². The molecule has 2 aromatic heterocycles. The van der Waals surface area contributed by atoms with E-state index in [9.17, 15) is 9.59 Å². The predicted molar refractivity (Wildman–Crippen MR) is 74.6 cm³/mol. The second-order valence-corrected chi connectivity index (χ2v) is 4.90. The summed E-state index contributed by atoms with van der Waals surface area (Å²) in [5.74, 6) is -0.397. The molecule has 0 atom stereocenters. The molecule has 7 heteroatoms. The highest BCUT2D eigenvalue weighted by molar-refractivity contribution is 5.98. The predicted octanol–water partition coefficient (Wildman–Crippen LogP) is 0.294. The van der Waals surface area contributed by atoms with Gasteiger partial charge in [-0.05, 0) is 17.7 Å². The van der Waals surface area contributed by atoms with Crippen LogP contribution in [0.5, 0.6) is 0 Å². The number of hydrogen-bond donors (Lipinski definition) is 1. The van der Waals surface area contributed by atoms with Crippen molar-refractivity contribution in [2.45, 2.75) is 13.1 Å². The molecule has 0 saturated heterocycles. The monoisotopic (exact) mass is 285 g/mol. The molecule has 1 aliphatic rings. The number of nitrogens with zero attached hydrogens (tertiary/aromatic N) is 4. The molecule has 21 heavy (non-hydrogen) atoms. The van der Waals surface area contributed by atoms with Gasteiger partial charge in [-0.3, -0.25) is 19.3 Å². The Morgan fingerprint density at radius 1 is 1.33 bits per heavy atom. The third-order valence-corrected chi connectivity index (χ3v) is 3.43. The van der Waals surface area contributed by atoms with Crippen LogP contribution < -0.4 is 5.32 Å². The maximum absolute atomic E-state index is 12.1. The van der Waals surface area contributed by atoms with E-state index in [4.69, 9.17) is 0 Å². The van der Waals surface area contributed by atoms with Gasteiger partial charge in [0.15, 0.2) is 5.69 Å². The molecule has 0 aromatic carbocycles. The van der Waals surface area contributed by atoms with Crippen molar-refractivity contribution >= 4 is 11.8 Å². The van der Waals surface area contributed by atoms with Gasteiger partial charge in [0, 0.05) is 38.6 Å². The van der Waals surface area contributed by atoms with Gasteiger partial charge in [-0.1, -0.05) is 0 Å². The van der Waals surface area contributed by atoms with Gasteiger partial charge in [0.05, 0.1) is 6.54 Å². The van der Waals surface area contributed by atoms with Crippen molar-refractivity contribution in [3.63, 3.8) is 0 Å². The van der Waals surface area contributed by atoms with Crippen molar-refractivity contribution in [2.75, 3.05) is 13.6 Å². The molecule has 0 spiro atoms. The Labute approximate surface area is 121 Å². The molecule has 2 aromatic rings. The fourth-order valence-corrected chi connectivity index (χ4v) is 2.19. The van der Waals surface area contributed by atoms with E-state index < -0.39 is 0 Å². The largest absolute Gasteiger partial charge is 0.347 e. The zero-order valence-electron chi connectivity index (χ0n) is 11.6. The van der Waals surface area contributed by atoms with Crippen LogP contribution in [-0.2, 0) is 13.1 Å². The second kappa shape index (κ2) is 5.35. The average molecular weight is 285 g/mol. The third-order valence-electron chi connectivity index (χ3n) is 3.43. The van der Waals surface area contributed by atoms with Crippen LogP contribution >= 0.6 is 0 Å². The molecule has 3 rings (SSSR count). The summed E-state index contributed by atoms with van der Waals surface area (Å²) in [6, 6.07) is 5.20. The first-order valence-corrected chi connectivity index (χ1v) is 6.65. The Bertz CT molecular complexity index is 680. The van der Waals surface area contributed by atoms with Gasteiger partial charge in [-0.2, -0.15) is 5.10 Å². The van der Waals surface area contributed by atoms with Crippen molar-refractivity contribution < 1.29 is 9.59 Å². The maximum atomic E-state index is 12.1. The first-order chi connectivity index (χ1) is 10.1. The molecule has 0 bridgehead atoms. The van der Waals surface area contributed by atoms with Gasteiger partial charge < -0.3 is 10.2 Å². The SMILES string of the molecule is CN1CCn2nc(C(=O)NCc3ccncc3)cc2C1=O. The second-order valence-electron chi connectivity index (χ2n) is 4.90. The van der Waals surface area contributed by atoms with Gasteiger partial charge in [-0.15, -0.1) is 0 Å². The van der Waals surface area contributed by atoms with Crippen molar-refractivity contribution in [1.29, 1.82) is 0 Å². The summed E-state index contributed by atoms with van der Waals surface area (Å²) in [5.41, 5.74) is 1.68. The number of nitrogens with one attached hydrogen (secondary N) is 1. The molecular weight excluding hydrogens is 270 g/mol. The molecule has 1 N–H and O–H groups in total. The minimum Gasteiger partial charge on any atom is -0.347 e. The lowest BCUT2D eigenvalue weighted by Crippen LogP contribution is -2.37. The molecule has 1 aliphatic heterocycles. The standard InChI is InChI=1S/C14H15N5O2/c1-18-6-7-19-12(14(18)21)8-11(17-19)13(20)16-9-10-2-4-15-5-3-10/h2-5,8H,6-7,9H2,1H3,(H,16,20). The lowest BCUT2D eigenvalue weighted by atomic mass is 10.2. The molecule has 0 aliphatic carbocycles. The Balaban J connectivity index is 1.71. The Morgan fingerprint density at radius 3 is 2.86 bits per heavy atom. The number of likely N-dealkylation sites (N-methyl/N-ethyl adjacent to an activating group) is 1. The Kier molecular flexibility index (Phi) is 3.39. The molecular formula is C14H15N5O2. The molecule has 0 unspecified atom stereocenters. The number of aromatic nitrogens is 3. The summed E-state index contributed by atoms with van der Waals surface area (Å²) in [5, 5.41) is 6.98. The minimum absolute atomic E-state index is 0.109. The van der Waals surface area contributed by atoms with E-state index in [2.05, 4.69) is 15.4 Å². The molecule has 108 valence electrons. The van der Waals surface area contributed by atoms with Crippen molar-refractivity contribution in [1.82, 2.24) is 25.0 Å². The number of pyridine rings is 1. The van der Waals surface area contributed by atoms with Crippen LogP contribution in [0.25, 0.3) is 0 Å². The van der Waals surface area contributed by atoms with Crippen LogP contribution in [0.2, 0.25) is 0 Å². The molecule has 0 radical (unpaired) electrons. The van der Waals surface area contributed by atoms with Crippen LogP contribution in [0.15, 0.2) is 30.6 Å². The van der Waals surface area contributed by atoms with Gasteiger partial charge in [0.1, 0.15) is 5.69 Å². The highest BCUT2D eigenvalue weighted by Crippen LogP contribution is 2.12. The van der Waals surface area contributed by atoms with E-state index in [0.717, 1.165) is 5.56 Å². The van der Waals surface area contributed by atoms with Crippen molar-refractivity contribution in [2.24, 2.45) is 0 Å². The van der Waals surface area contributed by atoms with E-state index in [0.29, 0.717) is 25.3 Å². The zero-order valence-corrected chi connectivity index (χ0v) is 11.6. The molecule has 0 saturated carbocycles. The summed E-state index contributed by atoms with van der Waals surface area (Å²) in [6.45, 7) is 1.61. The number of carbonyl (C=O) groups is 2. The van der Waals surface area contributed by atoms with Gasteiger partial charge in [0.25, 0.3) is 11.8 Å². The third kappa shape index (κ3) is 2.62. The smallest absolute Gasteiger partial charge is 0.272 e. The van der Waals surface area contributed by atoms with Crippen molar-refractivity contribution in [3.05, 3.63) is 47.5 Å². The van der Waals surface area contributed by atoms with E-state index in [1.807, 2.05) is 12.1 Å². The fourth-order valence-electron chi connectivity index (χ4n) is 2.19. The minimum atomic E-state index is -0.288. The van der Waals surface area contributed by atoms with Crippen LogP contribution in [-0.4, -0.2) is 45.1 Å². The number of hydrogen-bond acceptors (Lipinski definition) is 4. The number of fused-ring (bicyclic) bond motifs is 1. The summed E-state index contributed by atoms with van der Waals surface area (Å²) in [7, 11) is 1.74. The van der Waals surface area contributed by atoms with Crippen LogP contribution in [0.3, 0.4) is 0 Å². The van der Waals surface area contributed by atoms with Crippen LogP contribution in [0, 0.1) is 0 Å². The lowest BCUT2D eigenvalue weighted by molar-refractivity contribution is 0.0742. The highest BCUT2D eigenvalue weighted by atomic mass is 16.2. The van der Waals surface area contributed by atoms with E-state index in [-0.39, 0.29) is 17.5 Å². The first kappa shape index (κ1) is 13.3. The average Bonchev–Trinajstić information content (AvgIpc) is 2.95. The summed E-state index contributed by atoms with van der Waals surface area (Å²) in [6.07, 6.45) is 3.34. The fraction of sp³-hybridized carbons (Fsp3) is 0.286. The number of carbonyl (C=O) groups excluding carboxylic acids is 2. The van der Waals surface area contributed by atoms with Gasteiger partial charge >= 0.3 is 0 Å². The molecule has 0 fully saturated rings. The summed E-state index contributed by atoms with van der Waals surface area (Å²) in [4.78, 5) is 29.6. The lowest BCUT2D eigenvalue weighted by Gasteiger charge is -2.22. The maximum Gasteiger partial charge on any atom is 0.272 e. The quantitative estimate of drug-likeness (QED) is 0.879. The first-order valence-electron chi connectivity index (χ1n) is 6.65. The topological polar surface area (TPSA) is 80.1 Å². The molecule has 3 heterocycles. The Hall–Kier alpha value is -2.70. The van der Waals surface area contributed by atoms with Gasteiger partial charge in [0.2, 0.25) is 0 Å². The van der Waals surface area contributed by atoms with Gasteiger partial charge in [-0.25, -0.2) is 0 Å². The van der Waals surface area contributed by atoms with E-state index in [1.54, 1.807) is 35.1 Å². The van der Waals surface area contributed by atoms with E-state index in [1.165, 1.54) is 0 Å². The highest BCUT2D eigenvalue weighted by Gasteiger charge is 2.25. The summed E-state index contributed by atoms with van der Waals surface area (Å²) < 4.78 is 1.59. The molecule has 7 nitrogen and oxygen atoms in total. The Morgan fingerprint density at radius 2 is 2.10 bits per heavy atom. The zero-order chi connectivity index (χ0) is 14.8. The number of amides is 2. The normalized spacial score (nSPS) is 14.0. The van der Waals surface area contributed by atoms with Crippen LogP contribution in [0.4, 0.5) is 0 Å². The number of rotatable bonds is 3. The van der Waals surface area contributed by atoms with E-state index >= 15 is 0 Å². The van der Waals surface area contributed by atoms with Crippen molar-refractivity contribution in [3.8, 4) is 0 Å². The summed E-state index contributed by atoms with van der Waals surface area (Å²) >= 11 is 0.